The van der Waals surface area contributed by atoms with E-state index in [2.05, 4.69) is 10.4 Å². The number of nitrogens with one attached hydrogen (secondary N) is 1. The summed E-state index contributed by atoms with van der Waals surface area (Å²) in [6.45, 7) is 2.71. The molecule has 0 bridgehead atoms. The van der Waals surface area contributed by atoms with Gasteiger partial charge in [-0.15, -0.1) is 0 Å². The molecule has 10 heteroatoms. The van der Waals surface area contributed by atoms with Crippen LogP contribution in [0.3, 0.4) is 0 Å². The second-order valence-corrected chi connectivity index (χ2v) is 6.99. The summed E-state index contributed by atoms with van der Waals surface area (Å²) in [5, 5.41) is 6.76. The number of carbonyl (C=O) groups is 2. The SMILES string of the molecule is CCOC(=O)c1nn(-c2ccccc2Cl)c(=O)cc1OCC(=O)Nc1ccc(C)c(F)c1. The third kappa shape index (κ3) is 5.30. The number of carbonyl (C=O) groups excluding carboxylic acids is 2. The average Bonchev–Trinajstić information content (AvgIpc) is 2.75. The topological polar surface area (TPSA) is 99.5 Å². The number of amides is 1. The highest BCUT2D eigenvalue weighted by molar-refractivity contribution is 6.32. The third-order valence-corrected chi connectivity index (χ3v) is 4.58. The van der Waals surface area contributed by atoms with E-state index in [1.807, 2.05) is 0 Å². The molecule has 3 rings (SSSR count). The van der Waals surface area contributed by atoms with Gasteiger partial charge in [-0.3, -0.25) is 9.59 Å². The Balaban J connectivity index is 1.86. The molecule has 0 aliphatic heterocycles. The number of rotatable bonds is 7. The summed E-state index contributed by atoms with van der Waals surface area (Å²) >= 11 is 6.14. The van der Waals surface area contributed by atoms with Gasteiger partial charge < -0.3 is 14.8 Å². The highest BCUT2D eigenvalue weighted by Gasteiger charge is 2.21. The summed E-state index contributed by atoms with van der Waals surface area (Å²) in [7, 11) is 0. The zero-order valence-corrected chi connectivity index (χ0v) is 18.0. The van der Waals surface area contributed by atoms with Crippen molar-refractivity contribution in [2.75, 3.05) is 18.5 Å². The molecule has 0 saturated carbocycles. The predicted molar refractivity (Wildman–Crippen MR) is 116 cm³/mol. The number of ether oxygens (including phenoxy) is 2. The summed E-state index contributed by atoms with van der Waals surface area (Å²) in [5.74, 6) is -2.18. The lowest BCUT2D eigenvalue weighted by Gasteiger charge is -2.13. The number of aryl methyl sites for hydroxylation is 1. The molecule has 2 aromatic carbocycles. The van der Waals surface area contributed by atoms with E-state index in [1.165, 1.54) is 18.2 Å². The van der Waals surface area contributed by atoms with Gasteiger partial charge in [-0.1, -0.05) is 29.8 Å². The first-order valence-electron chi connectivity index (χ1n) is 9.55. The number of hydrogen-bond donors (Lipinski definition) is 1. The molecule has 166 valence electrons. The minimum Gasteiger partial charge on any atom is -0.481 e. The van der Waals surface area contributed by atoms with Gasteiger partial charge in [0.05, 0.1) is 23.4 Å². The van der Waals surface area contributed by atoms with Gasteiger partial charge >= 0.3 is 5.97 Å². The van der Waals surface area contributed by atoms with E-state index in [-0.39, 0.29) is 34.4 Å². The molecule has 1 heterocycles. The van der Waals surface area contributed by atoms with Crippen LogP contribution in [0.5, 0.6) is 5.75 Å². The number of halogens is 2. The van der Waals surface area contributed by atoms with Crippen LogP contribution in [0, 0.1) is 12.7 Å². The van der Waals surface area contributed by atoms with Gasteiger partial charge in [0.25, 0.3) is 11.5 Å². The Morgan fingerprint density at radius 2 is 1.94 bits per heavy atom. The molecule has 1 amide bonds. The quantitative estimate of drug-likeness (QED) is 0.543. The van der Waals surface area contributed by atoms with Crippen LogP contribution in [0.4, 0.5) is 10.1 Å². The van der Waals surface area contributed by atoms with Crippen LogP contribution in [-0.2, 0) is 9.53 Å². The van der Waals surface area contributed by atoms with Gasteiger partial charge in [0.1, 0.15) is 5.82 Å². The maximum Gasteiger partial charge on any atom is 0.362 e. The van der Waals surface area contributed by atoms with Crippen LogP contribution in [-0.4, -0.2) is 34.9 Å². The Hall–Kier alpha value is -3.72. The maximum atomic E-state index is 13.7. The lowest BCUT2D eigenvalue weighted by molar-refractivity contribution is -0.118. The Bertz CT molecular complexity index is 1230. The summed E-state index contributed by atoms with van der Waals surface area (Å²) in [6.07, 6.45) is 0. The minimum atomic E-state index is -0.843. The van der Waals surface area contributed by atoms with Gasteiger partial charge in [-0.25, -0.2) is 9.18 Å². The average molecular weight is 460 g/mol. The van der Waals surface area contributed by atoms with Crippen LogP contribution < -0.4 is 15.6 Å². The normalized spacial score (nSPS) is 10.5. The molecule has 0 atom stereocenters. The molecular formula is C22H19ClFN3O5. The van der Waals surface area contributed by atoms with Gasteiger partial charge in [0.2, 0.25) is 5.69 Å². The molecule has 3 aromatic rings. The van der Waals surface area contributed by atoms with E-state index in [4.69, 9.17) is 21.1 Å². The first-order valence-corrected chi connectivity index (χ1v) is 9.93. The molecule has 1 N–H and O–H groups in total. The highest BCUT2D eigenvalue weighted by Crippen LogP contribution is 2.21. The Morgan fingerprint density at radius 3 is 2.62 bits per heavy atom. The van der Waals surface area contributed by atoms with Crippen molar-refractivity contribution in [2.24, 2.45) is 0 Å². The molecule has 0 aliphatic rings. The summed E-state index contributed by atoms with van der Waals surface area (Å²) in [4.78, 5) is 37.2. The molecule has 0 radical (unpaired) electrons. The summed E-state index contributed by atoms with van der Waals surface area (Å²) in [6, 6.07) is 11.7. The molecular weight excluding hydrogens is 441 g/mol. The van der Waals surface area contributed by atoms with Gasteiger partial charge in [-0.05, 0) is 43.7 Å². The minimum absolute atomic E-state index is 0.0602. The molecule has 0 unspecified atom stereocenters. The van der Waals surface area contributed by atoms with Crippen LogP contribution >= 0.6 is 11.6 Å². The molecule has 0 spiro atoms. The van der Waals surface area contributed by atoms with E-state index in [0.29, 0.717) is 5.56 Å². The lowest BCUT2D eigenvalue weighted by Crippen LogP contribution is -2.27. The smallest absolute Gasteiger partial charge is 0.362 e. The number of para-hydroxylation sites is 1. The van der Waals surface area contributed by atoms with Crippen molar-refractivity contribution < 1.29 is 23.5 Å². The maximum absolute atomic E-state index is 13.7. The van der Waals surface area contributed by atoms with Crippen molar-refractivity contribution in [3.8, 4) is 11.4 Å². The Labute approximate surface area is 187 Å². The van der Waals surface area contributed by atoms with E-state index >= 15 is 0 Å². The standard InChI is InChI=1S/C22H19ClFN3O5/c1-3-31-22(30)21-18(11-20(29)27(26-21)17-7-5-4-6-15(17)23)32-12-19(28)25-14-9-8-13(2)16(24)10-14/h4-11H,3,12H2,1-2H3,(H,25,28). The number of nitrogens with zero attached hydrogens (tertiary/aromatic N) is 2. The number of benzene rings is 2. The second kappa shape index (κ2) is 10.1. The monoisotopic (exact) mass is 459 g/mol. The fourth-order valence-electron chi connectivity index (χ4n) is 2.70. The Morgan fingerprint density at radius 1 is 1.19 bits per heavy atom. The molecule has 0 fully saturated rings. The third-order valence-electron chi connectivity index (χ3n) is 4.26. The van der Waals surface area contributed by atoms with E-state index < -0.39 is 29.9 Å². The fraction of sp³-hybridized carbons (Fsp3) is 0.182. The van der Waals surface area contributed by atoms with Crippen molar-refractivity contribution in [3.05, 3.63) is 81.0 Å². The van der Waals surface area contributed by atoms with Gasteiger partial charge in [0.15, 0.2) is 12.4 Å². The van der Waals surface area contributed by atoms with Crippen LogP contribution in [0.15, 0.2) is 53.3 Å². The lowest BCUT2D eigenvalue weighted by atomic mass is 10.2. The van der Waals surface area contributed by atoms with Gasteiger partial charge in [-0.2, -0.15) is 9.78 Å². The molecule has 1 aromatic heterocycles. The first kappa shape index (κ1) is 23.0. The van der Waals surface area contributed by atoms with Crippen LogP contribution in [0.25, 0.3) is 5.69 Å². The fourth-order valence-corrected chi connectivity index (χ4v) is 2.91. The molecule has 0 aliphatic carbocycles. The van der Waals surface area contributed by atoms with Crippen molar-refractivity contribution in [1.29, 1.82) is 0 Å². The second-order valence-electron chi connectivity index (χ2n) is 6.58. The van der Waals surface area contributed by atoms with Crippen molar-refractivity contribution in [2.45, 2.75) is 13.8 Å². The van der Waals surface area contributed by atoms with Crippen molar-refractivity contribution in [3.63, 3.8) is 0 Å². The van der Waals surface area contributed by atoms with E-state index in [0.717, 1.165) is 10.7 Å². The first-order chi connectivity index (χ1) is 15.3. The molecule has 32 heavy (non-hydrogen) atoms. The Kier molecular flexibility index (Phi) is 7.21. The van der Waals surface area contributed by atoms with Crippen LogP contribution in [0.2, 0.25) is 5.02 Å². The number of hydrogen-bond acceptors (Lipinski definition) is 6. The highest BCUT2D eigenvalue weighted by atomic mass is 35.5. The number of anilines is 1. The largest absolute Gasteiger partial charge is 0.481 e. The van der Waals surface area contributed by atoms with Crippen molar-refractivity contribution >= 4 is 29.2 Å². The van der Waals surface area contributed by atoms with E-state index in [1.54, 1.807) is 38.1 Å². The van der Waals surface area contributed by atoms with Crippen LogP contribution in [0.1, 0.15) is 23.0 Å². The zero-order chi connectivity index (χ0) is 23.3. The van der Waals surface area contributed by atoms with Gasteiger partial charge in [0, 0.05) is 5.69 Å². The molecule has 8 nitrogen and oxygen atoms in total. The number of aromatic nitrogens is 2. The number of esters is 1. The summed E-state index contributed by atoms with van der Waals surface area (Å²) < 4.78 is 25.0. The van der Waals surface area contributed by atoms with E-state index in [9.17, 15) is 18.8 Å². The summed E-state index contributed by atoms with van der Waals surface area (Å²) in [5.41, 5.74) is -0.0128. The molecule has 0 saturated heterocycles. The zero-order valence-electron chi connectivity index (χ0n) is 17.2. The predicted octanol–water partition coefficient (Wildman–Crippen LogP) is 3.53. The van der Waals surface area contributed by atoms with Crippen molar-refractivity contribution in [1.82, 2.24) is 9.78 Å².